The molecule has 0 heterocycles. The van der Waals surface area contributed by atoms with Crippen LogP contribution in [0, 0.1) is 5.92 Å². The Morgan fingerprint density at radius 2 is 1.83 bits per heavy atom. The van der Waals surface area contributed by atoms with E-state index >= 15 is 0 Å². The van der Waals surface area contributed by atoms with Crippen molar-refractivity contribution in [2.75, 3.05) is 47.9 Å². The third kappa shape index (κ3) is 6.89. The minimum absolute atomic E-state index is 0.757. The van der Waals surface area contributed by atoms with Crippen LogP contribution in [0.3, 0.4) is 0 Å². The molecule has 0 radical (unpaired) electrons. The fourth-order valence-electron chi connectivity index (χ4n) is 2.54. The van der Waals surface area contributed by atoms with Gasteiger partial charge in [0.05, 0.1) is 6.61 Å². The van der Waals surface area contributed by atoms with Gasteiger partial charge in [-0.2, -0.15) is 0 Å². The molecule has 1 aliphatic rings. The standard InChI is InChI=1S/C19H32N4O/c1-20-19(23(4)11-12-24-15-18-9-10-18)21-13-16-5-7-17(8-6-16)14-22(2)3/h5-8,18H,9-15H2,1-4H3,(H,20,21). The largest absolute Gasteiger partial charge is 0.379 e. The number of hydrogen-bond donors (Lipinski definition) is 1. The zero-order valence-electron chi connectivity index (χ0n) is 15.6. The summed E-state index contributed by atoms with van der Waals surface area (Å²) in [5.74, 6) is 1.73. The minimum Gasteiger partial charge on any atom is -0.379 e. The number of benzene rings is 1. The summed E-state index contributed by atoms with van der Waals surface area (Å²) in [4.78, 5) is 8.65. The molecule has 1 N–H and O–H groups in total. The van der Waals surface area contributed by atoms with Crippen LogP contribution < -0.4 is 5.32 Å². The second-order valence-electron chi connectivity index (χ2n) is 6.89. The number of nitrogens with zero attached hydrogens (tertiary/aromatic N) is 3. The predicted octanol–water partition coefficient (Wildman–Crippen LogP) is 2.18. The van der Waals surface area contributed by atoms with Crippen LogP contribution in [0.15, 0.2) is 29.3 Å². The van der Waals surface area contributed by atoms with Crippen LogP contribution in [0.5, 0.6) is 0 Å². The van der Waals surface area contributed by atoms with Gasteiger partial charge < -0.3 is 19.9 Å². The maximum absolute atomic E-state index is 5.70. The molecule has 0 saturated heterocycles. The normalized spacial score (nSPS) is 15.0. The Morgan fingerprint density at radius 1 is 1.17 bits per heavy atom. The topological polar surface area (TPSA) is 40.1 Å². The van der Waals surface area contributed by atoms with Crippen LogP contribution >= 0.6 is 0 Å². The van der Waals surface area contributed by atoms with Crippen LogP contribution in [0.1, 0.15) is 24.0 Å². The van der Waals surface area contributed by atoms with Gasteiger partial charge in [-0.25, -0.2) is 0 Å². The van der Waals surface area contributed by atoms with Crippen molar-refractivity contribution < 1.29 is 4.74 Å². The van der Waals surface area contributed by atoms with Gasteiger partial charge in [-0.3, -0.25) is 4.99 Å². The van der Waals surface area contributed by atoms with Crippen molar-refractivity contribution in [1.82, 2.24) is 15.1 Å². The highest BCUT2D eigenvalue weighted by molar-refractivity contribution is 5.79. The lowest BCUT2D eigenvalue weighted by Crippen LogP contribution is -2.40. The molecule has 0 aliphatic heterocycles. The fourth-order valence-corrected chi connectivity index (χ4v) is 2.54. The van der Waals surface area contributed by atoms with Crippen molar-refractivity contribution in [1.29, 1.82) is 0 Å². The molecule has 0 atom stereocenters. The summed E-state index contributed by atoms with van der Waals surface area (Å²) < 4.78 is 5.70. The van der Waals surface area contributed by atoms with Gasteiger partial charge in [0.2, 0.25) is 0 Å². The van der Waals surface area contributed by atoms with Crippen molar-refractivity contribution in [3.05, 3.63) is 35.4 Å². The Hall–Kier alpha value is -1.59. The van der Waals surface area contributed by atoms with Gasteiger partial charge in [0.1, 0.15) is 0 Å². The molecule has 0 unspecified atom stereocenters. The molecule has 24 heavy (non-hydrogen) atoms. The van der Waals surface area contributed by atoms with E-state index < -0.39 is 0 Å². The zero-order valence-corrected chi connectivity index (χ0v) is 15.6. The van der Waals surface area contributed by atoms with E-state index in [9.17, 15) is 0 Å². The molecule has 5 heteroatoms. The lowest BCUT2D eigenvalue weighted by atomic mass is 10.1. The highest BCUT2D eigenvalue weighted by Crippen LogP contribution is 2.28. The average molecular weight is 332 g/mol. The summed E-state index contributed by atoms with van der Waals surface area (Å²) in [6.45, 7) is 4.28. The van der Waals surface area contributed by atoms with E-state index in [1.165, 1.54) is 24.0 Å². The van der Waals surface area contributed by atoms with Crippen molar-refractivity contribution >= 4 is 5.96 Å². The molecule has 134 valence electrons. The number of likely N-dealkylation sites (N-methyl/N-ethyl adjacent to an activating group) is 1. The van der Waals surface area contributed by atoms with Gasteiger partial charge in [-0.1, -0.05) is 24.3 Å². The first-order valence-corrected chi connectivity index (χ1v) is 8.80. The first kappa shape index (κ1) is 18.7. The lowest BCUT2D eigenvalue weighted by molar-refractivity contribution is 0.115. The number of guanidine groups is 1. The van der Waals surface area contributed by atoms with E-state index in [2.05, 4.69) is 65.5 Å². The molecule has 1 saturated carbocycles. The maximum atomic E-state index is 5.70. The summed E-state index contributed by atoms with van der Waals surface area (Å²) in [6, 6.07) is 8.74. The molecule has 1 aromatic rings. The molecule has 0 aromatic heterocycles. The number of ether oxygens (including phenoxy) is 1. The van der Waals surface area contributed by atoms with E-state index in [-0.39, 0.29) is 0 Å². The molecule has 5 nitrogen and oxygen atoms in total. The minimum atomic E-state index is 0.757. The van der Waals surface area contributed by atoms with Crippen molar-refractivity contribution in [3.63, 3.8) is 0 Å². The van der Waals surface area contributed by atoms with Crippen molar-refractivity contribution in [2.45, 2.75) is 25.9 Å². The molecule has 1 aromatic carbocycles. The quantitative estimate of drug-likeness (QED) is 0.427. The van der Waals surface area contributed by atoms with E-state index in [4.69, 9.17) is 4.74 Å². The lowest BCUT2D eigenvalue weighted by Gasteiger charge is -2.22. The molecule has 1 fully saturated rings. The maximum Gasteiger partial charge on any atom is 0.193 e. The highest BCUT2D eigenvalue weighted by Gasteiger charge is 2.21. The van der Waals surface area contributed by atoms with E-state index in [0.717, 1.165) is 44.7 Å². The van der Waals surface area contributed by atoms with E-state index in [0.29, 0.717) is 0 Å². The van der Waals surface area contributed by atoms with Gasteiger partial charge >= 0.3 is 0 Å². The Labute approximate surface area is 146 Å². The third-order valence-electron chi connectivity index (χ3n) is 4.17. The Balaban J connectivity index is 1.71. The summed E-state index contributed by atoms with van der Waals surface area (Å²) >= 11 is 0. The van der Waals surface area contributed by atoms with Gasteiger partial charge in [0.25, 0.3) is 0 Å². The van der Waals surface area contributed by atoms with Crippen molar-refractivity contribution in [2.24, 2.45) is 10.9 Å². The number of rotatable bonds is 9. The Bertz CT molecular complexity index is 509. The van der Waals surface area contributed by atoms with Gasteiger partial charge in [-0.15, -0.1) is 0 Å². The molecule has 2 rings (SSSR count). The summed E-state index contributed by atoms with van der Waals surface area (Å²) in [6.07, 6.45) is 2.68. The molecular formula is C19H32N4O. The van der Waals surface area contributed by atoms with Crippen LogP contribution in [0.25, 0.3) is 0 Å². The average Bonchev–Trinajstić information content (AvgIpc) is 3.37. The zero-order chi connectivity index (χ0) is 17.4. The van der Waals surface area contributed by atoms with Crippen LogP contribution in [0.4, 0.5) is 0 Å². The van der Waals surface area contributed by atoms with Gasteiger partial charge in [0.15, 0.2) is 5.96 Å². The van der Waals surface area contributed by atoms with Gasteiger partial charge in [-0.05, 0) is 44.0 Å². The van der Waals surface area contributed by atoms with Gasteiger partial charge in [0, 0.05) is 40.3 Å². The Morgan fingerprint density at radius 3 is 2.42 bits per heavy atom. The summed E-state index contributed by atoms with van der Waals surface area (Å²) in [5.41, 5.74) is 2.59. The molecular weight excluding hydrogens is 300 g/mol. The SMILES string of the molecule is CN=C(NCc1ccc(CN(C)C)cc1)N(C)CCOCC1CC1. The predicted molar refractivity (Wildman–Crippen MR) is 100 cm³/mol. The monoisotopic (exact) mass is 332 g/mol. The number of hydrogen-bond acceptors (Lipinski definition) is 3. The first-order chi connectivity index (χ1) is 11.6. The van der Waals surface area contributed by atoms with E-state index in [1.54, 1.807) is 0 Å². The second kappa shape index (κ2) is 9.64. The second-order valence-corrected chi connectivity index (χ2v) is 6.89. The molecule has 0 amide bonds. The molecule has 0 bridgehead atoms. The third-order valence-corrected chi connectivity index (χ3v) is 4.17. The Kier molecular flexibility index (Phi) is 7.53. The number of nitrogens with one attached hydrogen (secondary N) is 1. The van der Waals surface area contributed by atoms with Crippen LogP contribution in [-0.2, 0) is 17.8 Å². The number of aliphatic imine (C=N–C) groups is 1. The molecule has 0 spiro atoms. The first-order valence-electron chi connectivity index (χ1n) is 8.80. The fraction of sp³-hybridized carbons (Fsp3) is 0.632. The smallest absolute Gasteiger partial charge is 0.193 e. The van der Waals surface area contributed by atoms with Crippen LogP contribution in [-0.4, -0.2) is 63.7 Å². The molecule has 1 aliphatic carbocycles. The highest BCUT2D eigenvalue weighted by atomic mass is 16.5. The van der Waals surface area contributed by atoms with Crippen LogP contribution in [0.2, 0.25) is 0 Å². The summed E-state index contributed by atoms with van der Waals surface area (Å²) in [5, 5.41) is 3.42. The van der Waals surface area contributed by atoms with Crippen molar-refractivity contribution in [3.8, 4) is 0 Å². The van der Waals surface area contributed by atoms with E-state index in [1.807, 2.05) is 7.05 Å². The summed E-state index contributed by atoms with van der Waals surface area (Å²) in [7, 11) is 8.05.